The van der Waals surface area contributed by atoms with Crippen LogP contribution in [0.25, 0.3) is 0 Å². The van der Waals surface area contributed by atoms with E-state index in [0.29, 0.717) is 0 Å². The summed E-state index contributed by atoms with van der Waals surface area (Å²) in [6.07, 6.45) is 4.29. The molecule has 0 saturated heterocycles. The van der Waals surface area contributed by atoms with E-state index >= 15 is 0 Å². The molecule has 54 valence electrons. The third-order valence-electron chi connectivity index (χ3n) is 1.33. The second kappa shape index (κ2) is 3.56. The molecule has 0 N–H and O–H groups in total. The van der Waals surface area contributed by atoms with Crippen molar-refractivity contribution in [3.63, 3.8) is 0 Å². The maximum absolute atomic E-state index is 4.33. The SMILES string of the molecule is CCC(S)c1ccncn1. The van der Waals surface area contributed by atoms with Crippen LogP contribution in [0.1, 0.15) is 24.3 Å². The smallest absolute Gasteiger partial charge is 0.115 e. The molecule has 1 rings (SSSR count). The van der Waals surface area contributed by atoms with Crippen molar-refractivity contribution >= 4 is 12.6 Å². The van der Waals surface area contributed by atoms with Gasteiger partial charge in [0.25, 0.3) is 0 Å². The molecule has 1 unspecified atom stereocenters. The second-order valence-electron chi connectivity index (χ2n) is 2.06. The number of hydrogen-bond acceptors (Lipinski definition) is 3. The van der Waals surface area contributed by atoms with Gasteiger partial charge >= 0.3 is 0 Å². The van der Waals surface area contributed by atoms with Crippen LogP contribution in [0.3, 0.4) is 0 Å². The first kappa shape index (κ1) is 7.54. The largest absolute Gasteiger partial charge is 0.245 e. The van der Waals surface area contributed by atoms with Crippen molar-refractivity contribution in [3.05, 3.63) is 24.3 Å². The van der Waals surface area contributed by atoms with E-state index in [4.69, 9.17) is 0 Å². The maximum Gasteiger partial charge on any atom is 0.115 e. The summed E-state index contributed by atoms with van der Waals surface area (Å²) < 4.78 is 0. The molecule has 1 aromatic heterocycles. The fraction of sp³-hybridized carbons (Fsp3) is 0.429. The number of nitrogens with zero attached hydrogens (tertiary/aromatic N) is 2. The van der Waals surface area contributed by atoms with Crippen LogP contribution in [0.2, 0.25) is 0 Å². The first-order chi connectivity index (χ1) is 4.84. The normalized spacial score (nSPS) is 13.0. The van der Waals surface area contributed by atoms with Gasteiger partial charge in [0.05, 0.1) is 5.69 Å². The van der Waals surface area contributed by atoms with E-state index in [1.165, 1.54) is 0 Å². The van der Waals surface area contributed by atoms with Gasteiger partial charge in [-0.15, -0.1) is 0 Å². The van der Waals surface area contributed by atoms with Gasteiger partial charge in [0.2, 0.25) is 0 Å². The first-order valence-electron chi connectivity index (χ1n) is 3.28. The Morgan fingerprint density at radius 1 is 1.70 bits per heavy atom. The van der Waals surface area contributed by atoms with Crippen LogP contribution in [0.4, 0.5) is 0 Å². The molecule has 0 saturated carbocycles. The highest BCUT2D eigenvalue weighted by atomic mass is 32.1. The molecule has 0 fully saturated rings. The summed E-state index contributed by atoms with van der Waals surface area (Å²) in [4.78, 5) is 7.88. The summed E-state index contributed by atoms with van der Waals surface area (Å²) in [5.74, 6) is 0. The Balaban J connectivity index is 2.75. The van der Waals surface area contributed by atoms with E-state index < -0.39 is 0 Å². The van der Waals surface area contributed by atoms with Crippen LogP contribution in [0.5, 0.6) is 0 Å². The van der Waals surface area contributed by atoms with Crippen LogP contribution in [-0.2, 0) is 0 Å². The molecule has 0 aliphatic carbocycles. The van der Waals surface area contributed by atoms with Gasteiger partial charge in [0.15, 0.2) is 0 Å². The Morgan fingerprint density at radius 3 is 3.00 bits per heavy atom. The van der Waals surface area contributed by atoms with Gasteiger partial charge in [-0.2, -0.15) is 12.6 Å². The summed E-state index contributed by atoms with van der Waals surface area (Å²) in [7, 11) is 0. The summed E-state index contributed by atoms with van der Waals surface area (Å²) >= 11 is 4.33. The number of aromatic nitrogens is 2. The first-order valence-corrected chi connectivity index (χ1v) is 3.80. The van der Waals surface area contributed by atoms with E-state index in [9.17, 15) is 0 Å². The zero-order valence-electron chi connectivity index (χ0n) is 5.86. The number of hydrogen-bond donors (Lipinski definition) is 1. The van der Waals surface area contributed by atoms with E-state index in [-0.39, 0.29) is 5.25 Å². The zero-order valence-corrected chi connectivity index (χ0v) is 6.75. The van der Waals surface area contributed by atoms with Crippen LogP contribution >= 0.6 is 12.6 Å². The lowest BCUT2D eigenvalue weighted by molar-refractivity contribution is 0.855. The highest BCUT2D eigenvalue weighted by Crippen LogP contribution is 2.19. The van der Waals surface area contributed by atoms with Crippen LogP contribution in [0.15, 0.2) is 18.6 Å². The van der Waals surface area contributed by atoms with Crippen molar-refractivity contribution in [2.45, 2.75) is 18.6 Å². The Hall–Kier alpha value is -0.570. The standard InChI is InChI=1S/C7H10N2S/c1-2-7(10)6-3-4-8-5-9-6/h3-5,7,10H,2H2,1H3. The predicted octanol–water partition coefficient (Wildman–Crippen LogP) is 1.86. The number of rotatable bonds is 2. The Morgan fingerprint density at radius 2 is 2.50 bits per heavy atom. The molecule has 0 aliphatic heterocycles. The van der Waals surface area contributed by atoms with Gasteiger partial charge in [-0.25, -0.2) is 9.97 Å². The lowest BCUT2D eigenvalue weighted by atomic mass is 10.2. The molecule has 0 spiro atoms. The van der Waals surface area contributed by atoms with E-state index in [1.54, 1.807) is 12.5 Å². The minimum absolute atomic E-state index is 0.253. The van der Waals surface area contributed by atoms with Gasteiger partial charge < -0.3 is 0 Å². The highest BCUT2D eigenvalue weighted by Gasteiger charge is 2.02. The minimum Gasteiger partial charge on any atom is -0.245 e. The fourth-order valence-corrected chi connectivity index (χ4v) is 0.860. The van der Waals surface area contributed by atoms with E-state index in [0.717, 1.165) is 12.1 Å². The summed E-state index contributed by atoms with van der Waals surface area (Å²) in [6, 6.07) is 1.89. The molecule has 0 amide bonds. The van der Waals surface area contributed by atoms with E-state index in [2.05, 4.69) is 29.5 Å². The molecule has 0 bridgehead atoms. The molecular weight excluding hydrogens is 144 g/mol. The van der Waals surface area contributed by atoms with Crippen molar-refractivity contribution in [2.24, 2.45) is 0 Å². The molecule has 3 heteroatoms. The van der Waals surface area contributed by atoms with E-state index in [1.807, 2.05) is 6.07 Å². The second-order valence-corrected chi connectivity index (χ2v) is 2.68. The van der Waals surface area contributed by atoms with Crippen LogP contribution in [-0.4, -0.2) is 9.97 Å². The predicted molar refractivity (Wildman–Crippen MR) is 44.1 cm³/mol. The van der Waals surface area contributed by atoms with Gasteiger partial charge in [0, 0.05) is 11.4 Å². The van der Waals surface area contributed by atoms with Gasteiger partial charge in [-0.1, -0.05) is 6.92 Å². The van der Waals surface area contributed by atoms with Crippen LogP contribution < -0.4 is 0 Å². The molecule has 1 aromatic rings. The Labute approximate surface area is 66.1 Å². The van der Waals surface area contributed by atoms with Gasteiger partial charge in [-0.05, 0) is 12.5 Å². The van der Waals surface area contributed by atoms with Crippen molar-refractivity contribution in [1.29, 1.82) is 0 Å². The van der Waals surface area contributed by atoms with Gasteiger partial charge in [0.1, 0.15) is 6.33 Å². The van der Waals surface area contributed by atoms with Crippen LogP contribution in [0, 0.1) is 0 Å². The topological polar surface area (TPSA) is 25.8 Å². The van der Waals surface area contributed by atoms with Crippen molar-refractivity contribution < 1.29 is 0 Å². The summed E-state index contributed by atoms with van der Waals surface area (Å²) in [5.41, 5.74) is 1.00. The summed E-state index contributed by atoms with van der Waals surface area (Å²) in [6.45, 7) is 2.08. The lowest BCUT2D eigenvalue weighted by Crippen LogP contribution is -1.91. The molecule has 0 radical (unpaired) electrons. The Bertz CT molecular complexity index is 188. The van der Waals surface area contributed by atoms with Crippen molar-refractivity contribution in [2.75, 3.05) is 0 Å². The summed E-state index contributed by atoms with van der Waals surface area (Å²) in [5, 5.41) is 0.253. The average molecular weight is 154 g/mol. The highest BCUT2D eigenvalue weighted by molar-refractivity contribution is 7.80. The Kier molecular flexibility index (Phi) is 2.68. The monoisotopic (exact) mass is 154 g/mol. The molecule has 2 nitrogen and oxygen atoms in total. The molecule has 1 atom stereocenters. The van der Waals surface area contributed by atoms with Gasteiger partial charge in [-0.3, -0.25) is 0 Å². The third-order valence-corrected chi connectivity index (χ3v) is 1.96. The average Bonchev–Trinajstić information content (AvgIpc) is 2.05. The fourth-order valence-electron chi connectivity index (χ4n) is 0.707. The molecule has 1 heterocycles. The quantitative estimate of drug-likeness (QED) is 0.658. The molecule has 0 aliphatic rings. The maximum atomic E-state index is 4.33. The van der Waals surface area contributed by atoms with Crippen molar-refractivity contribution in [3.8, 4) is 0 Å². The molecular formula is C7H10N2S. The minimum atomic E-state index is 0.253. The van der Waals surface area contributed by atoms with Crippen molar-refractivity contribution in [1.82, 2.24) is 9.97 Å². The third kappa shape index (κ3) is 1.70. The lowest BCUT2D eigenvalue weighted by Gasteiger charge is -2.03. The molecule has 0 aromatic carbocycles. The molecule has 10 heavy (non-hydrogen) atoms. The zero-order chi connectivity index (χ0) is 7.40. The number of thiol groups is 1.